The number of pyridine rings is 1. The first-order valence-corrected chi connectivity index (χ1v) is 3.23. The number of aryl methyl sites for hydroxylation is 1. The molecule has 0 atom stereocenters. The molecule has 66 valence electrons. The van der Waals surface area contributed by atoms with Crippen LogP contribution in [0.4, 0.5) is 0 Å². The van der Waals surface area contributed by atoms with Gasteiger partial charge in [0.2, 0.25) is 11.5 Å². The van der Waals surface area contributed by atoms with Crippen molar-refractivity contribution in [2.75, 3.05) is 7.11 Å². The van der Waals surface area contributed by atoms with Crippen molar-refractivity contribution in [3.05, 3.63) is 16.6 Å². The van der Waals surface area contributed by atoms with Crippen molar-refractivity contribution < 1.29 is 14.9 Å². The molecule has 1 aromatic rings. The Balaban J connectivity index is 3.50. The van der Waals surface area contributed by atoms with Gasteiger partial charge in [-0.15, -0.1) is 0 Å². The standard InChI is InChI=1S/C7H9NO4/c1-8-3-4(12-2)5(9)6(10)7(8)11/h3,9-10H,1-2H3. The maximum absolute atomic E-state index is 11.0. The summed E-state index contributed by atoms with van der Waals surface area (Å²) in [5.74, 6) is -1.16. The summed E-state index contributed by atoms with van der Waals surface area (Å²) >= 11 is 0. The van der Waals surface area contributed by atoms with Gasteiger partial charge in [0, 0.05) is 7.05 Å². The molecule has 5 heteroatoms. The number of aromatic nitrogens is 1. The highest BCUT2D eigenvalue weighted by molar-refractivity contribution is 5.46. The molecule has 0 aliphatic rings. The summed E-state index contributed by atoms with van der Waals surface area (Å²) in [6.07, 6.45) is 1.29. The Morgan fingerprint density at radius 3 is 2.50 bits per heavy atom. The molecule has 12 heavy (non-hydrogen) atoms. The van der Waals surface area contributed by atoms with Crippen LogP contribution in [0, 0.1) is 0 Å². The van der Waals surface area contributed by atoms with E-state index in [1.807, 2.05) is 0 Å². The zero-order chi connectivity index (χ0) is 9.30. The molecule has 0 spiro atoms. The second-order valence-electron chi connectivity index (χ2n) is 2.31. The highest BCUT2D eigenvalue weighted by Gasteiger charge is 2.12. The molecule has 1 heterocycles. The first-order chi connectivity index (χ1) is 5.57. The van der Waals surface area contributed by atoms with Crippen molar-refractivity contribution in [3.8, 4) is 17.2 Å². The fraction of sp³-hybridized carbons (Fsp3) is 0.286. The van der Waals surface area contributed by atoms with Crippen LogP contribution < -0.4 is 10.3 Å². The molecule has 2 N–H and O–H groups in total. The molecule has 0 saturated carbocycles. The van der Waals surface area contributed by atoms with E-state index in [9.17, 15) is 4.79 Å². The summed E-state index contributed by atoms with van der Waals surface area (Å²) in [5, 5.41) is 18.2. The number of ether oxygens (including phenoxy) is 1. The minimum Gasteiger partial charge on any atom is -0.502 e. The molecule has 0 bridgehead atoms. The molecular weight excluding hydrogens is 162 g/mol. The summed E-state index contributed by atoms with van der Waals surface area (Å²) in [5.41, 5.74) is -0.659. The van der Waals surface area contributed by atoms with Crippen LogP contribution in [0.15, 0.2) is 11.0 Å². The number of methoxy groups -OCH3 is 1. The lowest BCUT2D eigenvalue weighted by atomic mass is 10.4. The van der Waals surface area contributed by atoms with Gasteiger partial charge in [-0.2, -0.15) is 0 Å². The van der Waals surface area contributed by atoms with Crippen LogP contribution >= 0.6 is 0 Å². The lowest BCUT2D eigenvalue weighted by Crippen LogP contribution is -2.15. The van der Waals surface area contributed by atoms with E-state index in [-0.39, 0.29) is 5.75 Å². The highest BCUT2D eigenvalue weighted by Crippen LogP contribution is 2.30. The predicted molar refractivity (Wildman–Crippen MR) is 41.6 cm³/mol. The Hall–Kier alpha value is -1.65. The third-order valence-corrected chi connectivity index (χ3v) is 1.51. The molecule has 0 radical (unpaired) electrons. The molecule has 1 rings (SSSR count). The summed E-state index contributed by atoms with van der Waals surface area (Å²) in [7, 11) is 2.78. The molecule has 0 aromatic carbocycles. The monoisotopic (exact) mass is 171 g/mol. The van der Waals surface area contributed by atoms with E-state index >= 15 is 0 Å². The summed E-state index contributed by atoms with van der Waals surface area (Å²) in [6, 6.07) is 0. The quantitative estimate of drug-likeness (QED) is 0.614. The van der Waals surface area contributed by atoms with Crippen molar-refractivity contribution in [1.82, 2.24) is 4.57 Å². The lowest BCUT2D eigenvalue weighted by Gasteiger charge is -2.06. The van der Waals surface area contributed by atoms with Crippen LogP contribution in [-0.4, -0.2) is 21.9 Å². The van der Waals surface area contributed by atoms with Crippen LogP contribution in [0.3, 0.4) is 0 Å². The van der Waals surface area contributed by atoms with Crippen LogP contribution in [0.1, 0.15) is 0 Å². The first-order valence-electron chi connectivity index (χ1n) is 3.23. The van der Waals surface area contributed by atoms with E-state index in [2.05, 4.69) is 0 Å². The first kappa shape index (κ1) is 8.45. The smallest absolute Gasteiger partial charge is 0.296 e. The van der Waals surface area contributed by atoms with E-state index in [4.69, 9.17) is 14.9 Å². The molecular formula is C7H9NO4. The van der Waals surface area contributed by atoms with Gasteiger partial charge in [-0.25, -0.2) is 0 Å². The van der Waals surface area contributed by atoms with Crippen molar-refractivity contribution in [1.29, 1.82) is 0 Å². The minimum absolute atomic E-state index is 0.0644. The fourth-order valence-electron chi connectivity index (χ4n) is 0.830. The lowest BCUT2D eigenvalue weighted by molar-refractivity contribution is 0.342. The molecule has 5 nitrogen and oxygen atoms in total. The number of aromatic hydroxyl groups is 2. The molecule has 0 amide bonds. The second kappa shape index (κ2) is 2.77. The molecule has 0 aliphatic carbocycles. The minimum atomic E-state index is -0.697. The Kier molecular flexibility index (Phi) is 1.95. The van der Waals surface area contributed by atoms with E-state index < -0.39 is 17.1 Å². The predicted octanol–water partition coefficient (Wildman–Crippen LogP) is -0.195. The van der Waals surface area contributed by atoms with Gasteiger partial charge in [0.1, 0.15) is 0 Å². The van der Waals surface area contributed by atoms with Crippen LogP contribution in [0.5, 0.6) is 17.2 Å². The fourth-order valence-corrected chi connectivity index (χ4v) is 0.830. The third-order valence-electron chi connectivity index (χ3n) is 1.51. The van der Waals surface area contributed by atoms with Gasteiger partial charge in [-0.3, -0.25) is 4.79 Å². The largest absolute Gasteiger partial charge is 0.502 e. The second-order valence-corrected chi connectivity index (χ2v) is 2.31. The van der Waals surface area contributed by atoms with E-state index in [0.29, 0.717) is 0 Å². The highest BCUT2D eigenvalue weighted by atomic mass is 16.5. The van der Waals surface area contributed by atoms with E-state index in [0.717, 1.165) is 4.57 Å². The average Bonchev–Trinajstić information content (AvgIpc) is 2.08. The molecule has 0 fully saturated rings. The van der Waals surface area contributed by atoms with Gasteiger partial charge in [0.05, 0.1) is 13.3 Å². The Bertz CT molecular complexity index is 355. The molecule has 0 unspecified atom stereocenters. The number of nitrogens with zero attached hydrogens (tertiary/aromatic N) is 1. The maximum atomic E-state index is 11.0. The van der Waals surface area contributed by atoms with Gasteiger partial charge >= 0.3 is 0 Å². The van der Waals surface area contributed by atoms with E-state index in [1.54, 1.807) is 0 Å². The number of hydrogen-bond donors (Lipinski definition) is 2. The number of hydrogen-bond acceptors (Lipinski definition) is 4. The van der Waals surface area contributed by atoms with Gasteiger partial charge in [0.15, 0.2) is 5.75 Å². The maximum Gasteiger partial charge on any atom is 0.296 e. The average molecular weight is 171 g/mol. The number of rotatable bonds is 1. The Morgan fingerprint density at radius 1 is 1.42 bits per heavy atom. The SMILES string of the molecule is COc1cn(C)c(=O)c(O)c1O. The summed E-state index contributed by atoms with van der Waals surface area (Å²) in [4.78, 5) is 11.0. The summed E-state index contributed by atoms with van der Waals surface area (Å²) in [6.45, 7) is 0. The zero-order valence-corrected chi connectivity index (χ0v) is 6.74. The van der Waals surface area contributed by atoms with Crippen LogP contribution in [0.25, 0.3) is 0 Å². The van der Waals surface area contributed by atoms with Gasteiger partial charge in [0.25, 0.3) is 5.56 Å². The van der Waals surface area contributed by atoms with E-state index in [1.165, 1.54) is 20.4 Å². The zero-order valence-electron chi connectivity index (χ0n) is 6.74. The third kappa shape index (κ3) is 1.09. The van der Waals surface area contributed by atoms with Crippen LogP contribution in [-0.2, 0) is 7.05 Å². The molecule has 0 aliphatic heterocycles. The van der Waals surface area contributed by atoms with Gasteiger partial charge < -0.3 is 19.5 Å². The summed E-state index contributed by atoms with van der Waals surface area (Å²) < 4.78 is 5.81. The van der Waals surface area contributed by atoms with Crippen molar-refractivity contribution in [2.24, 2.45) is 7.05 Å². The Morgan fingerprint density at radius 2 is 2.00 bits per heavy atom. The van der Waals surface area contributed by atoms with Crippen molar-refractivity contribution in [3.63, 3.8) is 0 Å². The van der Waals surface area contributed by atoms with Gasteiger partial charge in [-0.1, -0.05) is 0 Å². The van der Waals surface area contributed by atoms with Crippen molar-refractivity contribution in [2.45, 2.75) is 0 Å². The molecule has 1 aromatic heterocycles. The normalized spacial score (nSPS) is 9.83. The topological polar surface area (TPSA) is 71.7 Å². The molecule has 0 saturated heterocycles. The Labute approximate surface area is 68.5 Å². The van der Waals surface area contributed by atoms with Crippen molar-refractivity contribution >= 4 is 0 Å². The van der Waals surface area contributed by atoms with Gasteiger partial charge in [-0.05, 0) is 0 Å². The van der Waals surface area contributed by atoms with Crippen LogP contribution in [0.2, 0.25) is 0 Å².